The highest BCUT2D eigenvalue weighted by Crippen LogP contribution is 2.25. The molecule has 0 bridgehead atoms. The van der Waals surface area contributed by atoms with Crippen molar-refractivity contribution in [3.63, 3.8) is 0 Å². The van der Waals surface area contributed by atoms with Crippen LogP contribution >= 0.6 is 0 Å². The SMILES string of the molecule is COc1ccccc1OCC(=O)NCCc1cn2cc(F)ccc2n1. The molecular formula is C18H18FN3O3. The van der Waals surface area contributed by atoms with Crippen molar-refractivity contribution in [2.75, 3.05) is 20.3 Å². The minimum atomic E-state index is -0.321. The van der Waals surface area contributed by atoms with E-state index in [1.54, 1.807) is 35.9 Å². The molecule has 0 saturated heterocycles. The Hall–Kier alpha value is -3.09. The van der Waals surface area contributed by atoms with E-state index >= 15 is 0 Å². The molecule has 0 radical (unpaired) electrons. The second-order valence-corrected chi connectivity index (χ2v) is 5.38. The summed E-state index contributed by atoms with van der Waals surface area (Å²) in [6.07, 6.45) is 3.66. The molecule has 25 heavy (non-hydrogen) atoms. The maximum absolute atomic E-state index is 13.2. The summed E-state index contributed by atoms with van der Waals surface area (Å²) in [5, 5.41) is 2.77. The fourth-order valence-electron chi connectivity index (χ4n) is 2.40. The van der Waals surface area contributed by atoms with Crippen LogP contribution in [-0.2, 0) is 11.2 Å². The van der Waals surface area contributed by atoms with Gasteiger partial charge in [-0.2, -0.15) is 0 Å². The predicted molar refractivity (Wildman–Crippen MR) is 90.4 cm³/mol. The van der Waals surface area contributed by atoms with Crippen molar-refractivity contribution in [3.05, 3.63) is 60.3 Å². The molecule has 6 nitrogen and oxygen atoms in total. The summed E-state index contributed by atoms with van der Waals surface area (Å²) < 4.78 is 25.4. The molecule has 0 aliphatic carbocycles. The Morgan fingerprint density at radius 3 is 2.80 bits per heavy atom. The number of para-hydroxylation sites is 2. The summed E-state index contributed by atoms with van der Waals surface area (Å²) in [6.45, 7) is 0.317. The highest BCUT2D eigenvalue weighted by atomic mass is 19.1. The van der Waals surface area contributed by atoms with Gasteiger partial charge in [0.1, 0.15) is 11.5 Å². The van der Waals surface area contributed by atoms with E-state index in [2.05, 4.69) is 10.3 Å². The van der Waals surface area contributed by atoms with Crippen LogP contribution in [-0.4, -0.2) is 35.6 Å². The fraction of sp³-hybridized carbons (Fsp3) is 0.222. The first-order chi connectivity index (χ1) is 12.2. The van der Waals surface area contributed by atoms with Crippen molar-refractivity contribution < 1.29 is 18.7 Å². The molecule has 3 rings (SSSR count). The molecule has 0 aliphatic rings. The molecule has 3 aromatic rings. The highest BCUT2D eigenvalue weighted by Gasteiger charge is 2.07. The number of benzene rings is 1. The van der Waals surface area contributed by atoms with Gasteiger partial charge in [0.2, 0.25) is 0 Å². The molecule has 0 unspecified atom stereocenters. The largest absolute Gasteiger partial charge is 0.493 e. The van der Waals surface area contributed by atoms with Crippen molar-refractivity contribution in [2.24, 2.45) is 0 Å². The first-order valence-electron chi connectivity index (χ1n) is 7.81. The summed E-state index contributed by atoms with van der Waals surface area (Å²) >= 11 is 0. The quantitative estimate of drug-likeness (QED) is 0.714. The first-order valence-corrected chi connectivity index (χ1v) is 7.81. The molecule has 0 aliphatic heterocycles. The van der Waals surface area contributed by atoms with Crippen LogP contribution in [0.25, 0.3) is 5.65 Å². The number of nitrogens with zero attached hydrogens (tertiary/aromatic N) is 2. The Bertz CT molecular complexity index is 879. The van der Waals surface area contributed by atoms with Gasteiger partial charge in [-0.25, -0.2) is 9.37 Å². The second-order valence-electron chi connectivity index (χ2n) is 5.38. The van der Waals surface area contributed by atoms with Crippen molar-refractivity contribution in [1.82, 2.24) is 14.7 Å². The van der Waals surface area contributed by atoms with Gasteiger partial charge in [-0.3, -0.25) is 4.79 Å². The monoisotopic (exact) mass is 343 g/mol. The molecule has 130 valence electrons. The Labute approximate surface area is 144 Å². The lowest BCUT2D eigenvalue weighted by atomic mass is 10.3. The average Bonchev–Trinajstić information content (AvgIpc) is 3.02. The van der Waals surface area contributed by atoms with Crippen molar-refractivity contribution >= 4 is 11.6 Å². The third-order valence-corrected chi connectivity index (χ3v) is 3.60. The predicted octanol–water partition coefficient (Wildman–Crippen LogP) is 2.22. The number of carbonyl (C=O) groups is 1. The molecular weight excluding hydrogens is 325 g/mol. The average molecular weight is 343 g/mol. The van der Waals surface area contributed by atoms with Crippen molar-refractivity contribution in [3.8, 4) is 11.5 Å². The molecule has 1 aromatic carbocycles. The minimum absolute atomic E-state index is 0.100. The molecule has 2 aromatic heterocycles. The van der Waals surface area contributed by atoms with Crippen LogP contribution in [0.3, 0.4) is 0 Å². The Morgan fingerprint density at radius 2 is 2.00 bits per heavy atom. The van der Waals surface area contributed by atoms with E-state index in [1.807, 2.05) is 12.1 Å². The second kappa shape index (κ2) is 7.65. The maximum Gasteiger partial charge on any atom is 0.257 e. The lowest BCUT2D eigenvalue weighted by Crippen LogP contribution is -2.30. The molecule has 7 heteroatoms. The number of nitrogens with one attached hydrogen (secondary N) is 1. The summed E-state index contributed by atoms with van der Waals surface area (Å²) in [5.74, 6) is 0.536. The van der Waals surface area contributed by atoms with Crippen LogP contribution in [0.15, 0.2) is 48.8 Å². The Kier molecular flexibility index (Phi) is 5.13. The van der Waals surface area contributed by atoms with Gasteiger partial charge in [0, 0.05) is 25.4 Å². The van der Waals surface area contributed by atoms with E-state index in [1.165, 1.54) is 12.3 Å². The zero-order valence-corrected chi connectivity index (χ0v) is 13.7. The fourth-order valence-corrected chi connectivity index (χ4v) is 2.40. The van der Waals surface area contributed by atoms with Crippen LogP contribution in [0.4, 0.5) is 4.39 Å². The van der Waals surface area contributed by atoms with Gasteiger partial charge in [0.05, 0.1) is 12.8 Å². The van der Waals surface area contributed by atoms with E-state index in [9.17, 15) is 9.18 Å². The number of aromatic nitrogens is 2. The van der Waals surface area contributed by atoms with E-state index in [0.717, 1.165) is 5.69 Å². The smallest absolute Gasteiger partial charge is 0.257 e. The van der Waals surface area contributed by atoms with E-state index in [4.69, 9.17) is 9.47 Å². The molecule has 0 atom stereocenters. The number of hydrogen-bond acceptors (Lipinski definition) is 4. The summed E-state index contributed by atoms with van der Waals surface area (Å²) in [7, 11) is 1.54. The number of imidazole rings is 1. The molecule has 2 heterocycles. The maximum atomic E-state index is 13.2. The molecule has 0 fully saturated rings. The minimum Gasteiger partial charge on any atom is -0.493 e. The van der Waals surface area contributed by atoms with Crippen LogP contribution in [0.2, 0.25) is 0 Å². The topological polar surface area (TPSA) is 64.9 Å². The molecule has 1 amide bonds. The first kappa shape index (κ1) is 16.8. The third-order valence-electron chi connectivity index (χ3n) is 3.60. The van der Waals surface area contributed by atoms with Gasteiger partial charge < -0.3 is 19.2 Å². The molecule has 0 saturated carbocycles. The van der Waals surface area contributed by atoms with E-state index in [-0.39, 0.29) is 18.3 Å². The van der Waals surface area contributed by atoms with E-state index in [0.29, 0.717) is 30.1 Å². The van der Waals surface area contributed by atoms with E-state index < -0.39 is 0 Å². The standard InChI is InChI=1S/C18H18FN3O3/c1-24-15-4-2-3-5-16(15)25-12-18(23)20-9-8-14-11-22-10-13(19)6-7-17(22)21-14/h2-7,10-11H,8-9,12H2,1H3,(H,20,23). The number of halogens is 1. The van der Waals surface area contributed by atoms with Gasteiger partial charge in [-0.05, 0) is 24.3 Å². The molecule has 1 N–H and O–H groups in total. The van der Waals surface area contributed by atoms with Crippen LogP contribution in [0.1, 0.15) is 5.69 Å². The summed E-state index contributed by atoms with van der Waals surface area (Å²) in [6, 6.07) is 10.1. The highest BCUT2D eigenvalue weighted by molar-refractivity contribution is 5.77. The zero-order valence-electron chi connectivity index (χ0n) is 13.7. The number of amides is 1. The summed E-state index contributed by atoms with van der Waals surface area (Å²) in [5.41, 5.74) is 1.44. The Balaban J connectivity index is 1.47. The van der Waals surface area contributed by atoms with Crippen molar-refractivity contribution in [2.45, 2.75) is 6.42 Å². The van der Waals surface area contributed by atoms with Crippen molar-refractivity contribution in [1.29, 1.82) is 0 Å². The van der Waals surface area contributed by atoms with Gasteiger partial charge >= 0.3 is 0 Å². The lowest BCUT2D eigenvalue weighted by molar-refractivity contribution is -0.123. The Morgan fingerprint density at radius 1 is 1.20 bits per heavy atom. The number of hydrogen-bond donors (Lipinski definition) is 1. The number of methoxy groups -OCH3 is 1. The lowest BCUT2D eigenvalue weighted by Gasteiger charge is -2.10. The third kappa shape index (κ3) is 4.26. The number of ether oxygens (including phenoxy) is 2. The van der Waals surface area contributed by atoms with Crippen LogP contribution < -0.4 is 14.8 Å². The van der Waals surface area contributed by atoms with Gasteiger partial charge in [-0.15, -0.1) is 0 Å². The number of fused-ring (bicyclic) bond motifs is 1. The van der Waals surface area contributed by atoms with Gasteiger partial charge in [0.15, 0.2) is 18.1 Å². The van der Waals surface area contributed by atoms with Crippen LogP contribution in [0.5, 0.6) is 11.5 Å². The summed E-state index contributed by atoms with van der Waals surface area (Å²) in [4.78, 5) is 16.2. The zero-order chi connectivity index (χ0) is 17.6. The number of rotatable bonds is 7. The number of carbonyl (C=O) groups excluding carboxylic acids is 1. The van der Waals surface area contributed by atoms with Gasteiger partial charge in [-0.1, -0.05) is 12.1 Å². The van der Waals surface area contributed by atoms with Crippen LogP contribution in [0, 0.1) is 5.82 Å². The van der Waals surface area contributed by atoms with Gasteiger partial charge in [0.25, 0.3) is 5.91 Å². The normalized spacial score (nSPS) is 10.6. The number of pyridine rings is 1. The molecule has 0 spiro atoms.